The van der Waals surface area contributed by atoms with Crippen LogP contribution < -0.4 is 10.1 Å². The smallest absolute Gasteiger partial charge is 0.240 e. The summed E-state index contributed by atoms with van der Waals surface area (Å²) in [4.78, 5) is 17.0. The molecule has 5 nitrogen and oxygen atoms in total. The monoisotopic (exact) mass is 405 g/mol. The number of carbonyl (C=O) groups is 1. The second-order valence-corrected chi connectivity index (χ2v) is 7.19. The molecule has 0 aliphatic carbocycles. The third-order valence-electron chi connectivity index (χ3n) is 4.31. The molecule has 0 fully saturated rings. The van der Waals surface area contributed by atoms with Crippen LogP contribution in [0.4, 0.5) is 0 Å². The third kappa shape index (κ3) is 4.73. The summed E-state index contributed by atoms with van der Waals surface area (Å²) in [5.41, 5.74) is 1.70. The van der Waals surface area contributed by atoms with Gasteiger partial charge < -0.3 is 14.6 Å². The number of halogens is 2. The van der Waals surface area contributed by atoms with Gasteiger partial charge in [0.2, 0.25) is 5.91 Å². The normalized spacial score (nSPS) is 12.1. The molecule has 7 heteroatoms. The Morgan fingerprint density at radius 2 is 2.04 bits per heavy atom. The van der Waals surface area contributed by atoms with Crippen molar-refractivity contribution in [2.24, 2.45) is 0 Å². The maximum Gasteiger partial charge on any atom is 0.240 e. The summed E-state index contributed by atoms with van der Waals surface area (Å²) in [7, 11) is 0. The lowest BCUT2D eigenvalue weighted by Crippen LogP contribution is -2.35. The number of hydrogen-bond donors (Lipinski definition) is 1. The minimum Gasteiger partial charge on any atom is -0.484 e. The minimum absolute atomic E-state index is 0.0571. The van der Waals surface area contributed by atoms with E-state index in [-0.39, 0.29) is 25.1 Å². The first-order valence-electron chi connectivity index (χ1n) is 8.79. The number of rotatable bonds is 7. The minimum atomic E-state index is -0.0571. The fraction of sp³-hybridized carbons (Fsp3) is 0.300. The molecule has 1 heterocycles. The highest BCUT2D eigenvalue weighted by molar-refractivity contribution is 6.35. The molecule has 0 saturated heterocycles. The van der Waals surface area contributed by atoms with E-state index in [0.29, 0.717) is 21.6 Å². The van der Waals surface area contributed by atoms with E-state index in [4.69, 9.17) is 27.9 Å². The number of aromatic nitrogens is 2. The van der Waals surface area contributed by atoms with Crippen molar-refractivity contribution in [2.75, 3.05) is 0 Å². The largest absolute Gasteiger partial charge is 0.484 e. The Morgan fingerprint density at radius 3 is 2.78 bits per heavy atom. The predicted molar refractivity (Wildman–Crippen MR) is 108 cm³/mol. The Bertz CT molecular complexity index is 956. The van der Waals surface area contributed by atoms with E-state index in [2.05, 4.69) is 10.3 Å². The number of hydrogen-bond acceptors (Lipinski definition) is 3. The molecule has 3 rings (SSSR count). The van der Waals surface area contributed by atoms with Crippen molar-refractivity contribution < 1.29 is 9.53 Å². The molecule has 0 radical (unpaired) electrons. The summed E-state index contributed by atoms with van der Waals surface area (Å²) < 4.78 is 7.70. The third-order valence-corrected chi connectivity index (χ3v) is 4.84. The lowest BCUT2D eigenvalue weighted by Gasteiger charge is -2.14. The molecule has 142 valence electrons. The average molecular weight is 406 g/mol. The second-order valence-electron chi connectivity index (χ2n) is 6.34. The van der Waals surface area contributed by atoms with Crippen LogP contribution in [0.25, 0.3) is 11.0 Å². The first-order valence-corrected chi connectivity index (χ1v) is 9.55. The van der Waals surface area contributed by atoms with Crippen molar-refractivity contribution in [1.29, 1.82) is 0 Å². The van der Waals surface area contributed by atoms with Crippen LogP contribution in [0.15, 0.2) is 42.5 Å². The molecule has 3 aromatic rings. The van der Waals surface area contributed by atoms with Crippen molar-refractivity contribution in [3.8, 4) is 5.75 Å². The number of nitrogens with one attached hydrogen (secondary N) is 1. The summed E-state index contributed by atoms with van der Waals surface area (Å²) in [6.07, 6.45) is 0.876. The molecule has 0 saturated carbocycles. The Labute approximate surface area is 168 Å². The van der Waals surface area contributed by atoms with Crippen LogP contribution in [0.2, 0.25) is 10.0 Å². The Kier molecular flexibility index (Phi) is 6.24. The van der Waals surface area contributed by atoms with Crippen LogP contribution in [0.5, 0.6) is 5.75 Å². The number of fused-ring (bicyclic) bond motifs is 1. The molecule has 0 bridgehead atoms. The van der Waals surface area contributed by atoms with Gasteiger partial charge in [0, 0.05) is 11.1 Å². The van der Waals surface area contributed by atoms with Crippen LogP contribution in [-0.4, -0.2) is 21.5 Å². The molecule has 0 spiro atoms. The van der Waals surface area contributed by atoms with Gasteiger partial charge in [0.15, 0.2) is 0 Å². The zero-order chi connectivity index (χ0) is 19.4. The van der Waals surface area contributed by atoms with Gasteiger partial charge in [0.25, 0.3) is 0 Å². The summed E-state index contributed by atoms with van der Waals surface area (Å²) in [6, 6.07) is 12.9. The fourth-order valence-corrected chi connectivity index (χ4v) is 3.18. The van der Waals surface area contributed by atoms with Gasteiger partial charge in [-0.05, 0) is 43.7 Å². The van der Waals surface area contributed by atoms with E-state index in [1.807, 2.05) is 42.7 Å². The predicted octanol–water partition coefficient (Wildman–Crippen LogP) is 4.84. The highest BCUT2D eigenvalue weighted by Gasteiger charge is 2.15. The zero-order valence-electron chi connectivity index (χ0n) is 15.2. The Balaban J connectivity index is 1.84. The average Bonchev–Trinajstić information content (AvgIpc) is 2.98. The number of nitrogens with zero attached hydrogens (tertiary/aromatic N) is 2. The van der Waals surface area contributed by atoms with E-state index in [1.165, 1.54) is 0 Å². The van der Waals surface area contributed by atoms with E-state index in [1.54, 1.807) is 18.2 Å². The number of para-hydroxylation sites is 2. The molecule has 27 heavy (non-hydrogen) atoms. The maximum atomic E-state index is 12.4. The highest BCUT2D eigenvalue weighted by Crippen LogP contribution is 2.28. The molecule has 1 N–H and O–H groups in total. The molecule has 0 aliphatic rings. The first-order chi connectivity index (χ1) is 13.0. The van der Waals surface area contributed by atoms with Crippen molar-refractivity contribution in [3.63, 3.8) is 0 Å². The van der Waals surface area contributed by atoms with Crippen LogP contribution in [-0.2, 0) is 17.9 Å². The van der Waals surface area contributed by atoms with E-state index >= 15 is 0 Å². The quantitative estimate of drug-likeness (QED) is 0.611. The SMILES string of the molecule is CCC(C)NC(=O)Cn1c(COc2ccc(Cl)cc2Cl)nc2ccccc21. The molecule has 2 aromatic carbocycles. The lowest BCUT2D eigenvalue weighted by molar-refractivity contribution is -0.122. The van der Waals surface area contributed by atoms with Crippen molar-refractivity contribution in [3.05, 3.63) is 58.3 Å². The number of amides is 1. The Hall–Kier alpha value is -2.24. The zero-order valence-corrected chi connectivity index (χ0v) is 16.7. The van der Waals surface area contributed by atoms with Crippen LogP contribution in [0, 0.1) is 0 Å². The topological polar surface area (TPSA) is 56.2 Å². The summed E-state index contributed by atoms with van der Waals surface area (Å²) in [6.45, 7) is 4.38. The maximum absolute atomic E-state index is 12.4. The molecular weight excluding hydrogens is 385 g/mol. The van der Waals surface area contributed by atoms with Crippen LogP contribution in [0.3, 0.4) is 0 Å². The van der Waals surface area contributed by atoms with Gasteiger partial charge >= 0.3 is 0 Å². The fourth-order valence-electron chi connectivity index (χ4n) is 2.71. The number of benzene rings is 2. The summed E-state index contributed by atoms with van der Waals surface area (Å²) in [5, 5.41) is 3.96. The molecule has 0 aliphatic heterocycles. The lowest BCUT2D eigenvalue weighted by atomic mass is 10.2. The van der Waals surface area contributed by atoms with Gasteiger partial charge in [-0.15, -0.1) is 0 Å². The van der Waals surface area contributed by atoms with E-state index in [9.17, 15) is 4.79 Å². The molecule has 1 atom stereocenters. The highest BCUT2D eigenvalue weighted by atomic mass is 35.5. The number of ether oxygens (including phenoxy) is 1. The number of carbonyl (C=O) groups excluding carboxylic acids is 1. The van der Waals surface area contributed by atoms with Crippen LogP contribution >= 0.6 is 23.2 Å². The Morgan fingerprint density at radius 1 is 1.26 bits per heavy atom. The standard InChI is InChI=1S/C20H21Cl2N3O2/c1-3-13(2)23-20(26)11-25-17-7-5-4-6-16(17)24-19(25)12-27-18-9-8-14(21)10-15(18)22/h4-10,13H,3,11-12H2,1-2H3,(H,23,26). The van der Waals surface area contributed by atoms with Crippen molar-refractivity contribution >= 4 is 40.1 Å². The second kappa shape index (κ2) is 8.63. The van der Waals surface area contributed by atoms with E-state index < -0.39 is 0 Å². The van der Waals surface area contributed by atoms with Gasteiger partial charge in [-0.25, -0.2) is 4.98 Å². The number of imidazole rings is 1. The summed E-state index contributed by atoms with van der Waals surface area (Å²) in [5.74, 6) is 1.11. The van der Waals surface area contributed by atoms with Crippen molar-refractivity contribution in [2.45, 2.75) is 39.5 Å². The molecule has 1 amide bonds. The summed E-state index contributed by atoms with van der Waals surface area (Å²) >= 11 is 12.1. The molecular formula is C20H21Cl2N3O2. The van der Waals surface area contributed by atoms with Gasteiger partial charge in [-0.3, -0.25) is 4.79 Å². The van der Waals surface area contributed by atoms with Gasteiger partial charge in [0.05, 0.1) is 16.1 Å². The van der Waals surface area contributed by atoms with Crippen LogP contribution in [0.1, 0.15) is 26.1 Å². The molecule has 1 unspecified atom stereocenters. The van der Waals surface area contributed by atoms with E-state index in [0.717, 1.165) is 17.5 Å². The van der Waals surface area contributed by atoms with Gasteiger partial charge in [0.1, 0.15) is 24.7 Å². The first kappa shape index (κ1) is 19.5. The molecule has 1 aromatic heterocycles. The van der Waals surface area contributed by atoms with Gasteiger partial charge in [-0.2, -0.15) is 0 Å². The van der Waals surface area contributed by atoms with Gasteiger partial charge in [-0.1, -0.05) is 42.3 Å². The van der Waals surface area contributed by atoms with Crippen molar-refractivity contribution in [1.82, 2.24) is 14.9 Å².